The minimum absolute atomic E-state index is 0.658. The van der Waals surface area contributed by atoms with Crippen molar-refractivity contribution in [2.45, 2.75) is 44.9 Å². The van der Waals surface area contributed by atoms with Gasteiger partial charge in [0.2, 0.25) is 0 Å². The molecule has 0 spiro atoms. The van der Waals surface area contributed by atoms with Crippen LogP contribution < -0.4 is 4.74 Å². The number of benzene rings is 1. The Morgan fingerprint density at radius 3 is 2.67 bits per heavy atom. The lowest BCUT2D eigenvalue weighted by molar-refractivity contribution is 0.277. The first kappa shape index (κ1) is 14.2. The summed E-state index contributed by atoms with van der Waals surface area (Å²) in [6.07, 6.45) is 8.02. The topological polar surface area (TPSA) is 18.5 Å². The van der Waals surface area contributed by atoms with Crippen LogP contribution in [0.3, 0.4) is 0 Å². The van der Waals surface area contributed by atoms with E-state index in [0.29, 0.717) is 5.92 Å². The van der Waals surface area contributed by atoms with E-state index < -0.39 is 0 Å². The Hall–Kier alpha value is -1.70. The highest BCUT2D eigenvalue weighted by atomic mass is 16.5. The molecule has 2 nitrogen and oxygen atoms in total. The van der Waals surface area contributed by atoms with Gasteiger partial charge in [-0.3, -0.25) is 0 Å². The van der Waals surface area contributed by atoms with E-state index in [9.17, 15) is 0 Å². The fourth-order valence-corrected chi connectivity index (χ4v) is 3.63. The van der Waals surface area contributed by atoms with Gasteiger partial charge in [0.1, 0.15) is 5.75 Å². The van der Waals surface area contributed by atoms with Gasteiger partial charge >= 0.3 is 0 Å². The Kier molecular flexibility index (Phi) is 4.05. The average molecular weight is 284 g/mol. The molecule has 112 valence electrons. The molecule has 0 N–H and O–H groups in total. The van der Waals surface area contributed by atoms with Crippen molar-refractivity contribution in [3.63, 3.8) is 0 Å². The summed E-state index contributed by atoms with van der Waals surface area (Å²) in [6.45, 7) is 2.13. The first-order valence-corrected chi connectivity index (χ1v) is 7.78. The number of rotatable bonds is 3. The number of methoxy groups -OCH3 is 2. The van der Waals surface area contributed by atoms with Gasteiger partial charge in [0.25, 0.3) is 0 Å². The number of hydrogen-bond donors (Lipinski definition) is 0. The molecule has 1 atom stereocenters. The lowest BCUT2D eigenvalue weighted by Gasteiger charge is -2.30. The molecule has 0 unspecified atom stereocenters. The van der Waals surface area contributed by atoms with Crippen molar-refractivity contribution in [2.75, 3.05) is 14.2 Å². The minimum atomic E-state index is 0.658. The zero-order valence-corrected chi connectivity index (χ0v) is 13.2. The third-order valence-electron chi connectivity index (χ3n) is 4.90. The first-order valence-electron chi connectivity index (χ1n) is 7.78. The summed E-state index contributed by atoms with van der Waals surface area (Å²) in [4.78, 5) is 0. The Labute approximate surface area is 127 Å². The molecule has 2 aliphatic rings. The monoisotopic (exact) mass is 284 g/mol. The zero-order chi connectivity index (χ0) is 14.8. The maximum Gasteiger partial charge on any atom is 0.121 e. The number of aryl methyl sites for hydroxylation is 1. The quantitative estimate of drug-likeness (QED) is 0.736. The molecule has 21 heavy (non-hydrogen) atoms. The highest BCUT2D eigenvalue weighted by Gasteiger charge is 2.25. The number of ether oxygens (including phenoxy) is 2. The van der Waals surface area contributed by atoms with E-state index >= 15 is 0 Å². The van der Waals surface area contributed by atoms with Gasteiger partial charge in [-0.15, -0.1) is 0 Å². The summed E-state index contributed by atoms with van der Waals surface area (Å²) >= 11 is 0. The van der Waals surface area contributed by atoms with Gasteiger partial charge in [0, 0.05) is 6.42 Å². The molecule has 0 radical (unpaired) electrons. The lowest BCUT2D eigenvalue weighted by Crippen LogP contribution is -2.13. The molecule has 2 aliphatic carbocycles. The molecule has 2 heteroatoms. The van der Waals surface area contributed by atoms with E-state index in [1.54, 1.807) is 25.4 Å². The van der Waals surface area contributed by atoms with Crippen LogP contribution in [-0.2, 0) is 4.74 Å². The minimum Gasteiger partial charge on any atom is -0.501 e. The van der Waals surface area contributed by atoms with Crippen LogP contribution in [0.15, 0.2) is 41.2 Å². The second kappa shape index (κ2) is 5.97. The summed E-state index contributed by atoms with van der Waals surface area (Å²) in [5.74, 6) is 2.79. The summed E-state index contributed by atoms with van der Waals surface area (Å²) in [5, 5.41) is 0. The average Bonchev–Trinajstić information content (AvgIpc) is 2.53. The van der Waals surface area contributed by atoms with Crippen LogP contribution in [0.25, 0.3) is 0 Å². The van der Waals surface area contributed by atoms with Gasteiger partial charge in [-0.2, -0.15) is 0 Å². The van der Waals surface area contributed by atoms with E-state index in [1.807, 2.05) is 0 Å². The van der Waals surface area contributed by atoms with Gasteiger partial charge in [-0.05, 0) is 61.8 Å². The van der Waals surface area contributed by atoms with Crippen LogP contribution in [0.1, 0.15) is 49.1 Å². The number of hydrogen-bond acceptors (Lipinski definition) is 2. The molecule has 1 aromatic rings. The molecule has 0 aliphatic heterocycles. The van der Waals surface area contributed by atoms with Crippen LogP contribution in [-0.4, -0.2) is 14.2 Å². The van der Waals surface area contributed by atoms with Crippen molar-refractivity contribution in [1.82, 2.24) is 0 Å². The first-order chi connectivity index (χ1) is 10.2. The molecule has 0 heterocycles. The Balaban J connectivity index is 1.76. The molecule has 0 fully saturated rings. The van der Waals surface area contributed by atoms with Gasteiger partial charge in [0.05, 0.1) is 20.0 Å². The standard InChI is InChI=1S/C19H24O2/c1-13-10-14(7-9-19(13)21-3)15-4-5-17-12-18(20-2)8-6-16(17)11-15/h7-10,15H,4-6,11-12H2,1-3H3/t15-/m1/s1. The van der Waals surface area contributed by atoms with Crippen molar-refractivity contribution in [3.05, 3.63) is 52.3 Å². The molecular weight excluding hydrogens is 260 g/mol. The molecule has 0 aromatic heterocycles. The Morgan fingerprint density at radius 1 is 1.10 bits per heavy atom. The fraction of sp³-hybridized carbons (Fsp3) is 0.474. The van der Waals surface area contributed by atoms with Crippen LogP contribution in [0.5, 0.6) is 5.75 Å². The van der Waals surface area contributed by atoms with Crippen molar-refractivity contribution in [1.29, 1.82) is 0 Å². The highest BCUT2D eigenvalue weighted by Crippen LogP contribution is 2.42. The van der Waals surface area contributed by atoms with E-state index in [1.165, 1.54) is 30.4 Å². The Bertz CT molecular complexity index is 596. The SMILES string of the molecule is COC1=CCC2=C(CC[C@@H](c3ccc(OC)c(C)c3)C2)C1. The van der Waals surface area contributed by atoms with Crippen LogP contribution in [0, 0.1) is 6.92 Å². The summed E-state index contributed by atoms with van der Waals surface area (Å²) < 4.78 is 10.8. The van der Waals surface area contributed by atoms with E-state index in [2.05, 4.69) is 31.2 Å². The summed E-state index contributed by atoms with van der Waals surface area (Å²) in [7, 11) is 3.52. The maximum atomic E-state index is 5.41. The number of allylic oxidation sites excluding steroid dienone is 3. The second-order valence-corrected chi connectivity index (χ2v) is 6.13. The van der Waals surface area contributed by atoms with Crippen molar-refractivity contribution in [3.8, 4) is 5.75 Å². The molecule has 3 rings (SSSR count). The largest absolute Gasteiger partial charge is 0.501 e. The fourth-order valence-electron chi connectivity index (χ4n) is 3.63. The van der Waals surface area contributed by atoms with E-state index in [0.717, 1.165) is 24.4 Å². The molecule has 0 saturated heterocycles. The van der Waals surface area contributed by atoms with Crippen LogP contribution in [0.2, 0.25) is 0 Å². The van der Waals surface area contributed by atoms with Crippen molar-refractivity contribution < 1.29 is 9.47 Å². The summed E-state index contributed by atoms with van der Waals surface area (Å²) in [6, 6.07) is 6.65. The molecule has 1 aromatic carbocycles. The van der Waals surface area contributed by atoms with Crippen LogP contribution in [0.4, 0.5) is 0 Å². The van der Waals surface area contributed by atoms with Gasteiger partial charge in [-0.1, -0.05) is 23.3 Å². The molecule has 0 amide bonds. The van der Waals surface area contributed by atoms with E-state index in [4.69, 9.17) is 9.47 Å². The normalized spacial score (nSPS) is 21.7. The maximum absolute atomic E-state index is 5.41. The van der Waals surface area contributed by atoms with Crippen LogP contribution >= 0.6 is 0 Å². The molecular formula is C19H24O2. The summed E-state index contributed by atoms with van der Waals surface area (Å²) in [5.41, 5.74) is 5.96. The van der Waals surface area contributed by atoms with Crippen molar-refractivity contribution >= 4 is 0 Å². The second-order valence-electron chi connectivity index (χ2n) is 6.13. The smallest absolute Gasteiger partial charge is 0.121 e. The molecule has 0 saturated carbocycles. The third kappa shape index (κ3) is 2.85. The lowest BCUT2D eigenvalue weighted by atomic mass is 9.76. The van der Waals surface area contributed by atoms with Gasteiger partial charge < -0.3 is 9.47 Å². The van der Waals surface area contributed by atoms with Gasteiger partial charge in [-0.25, -0.2) is 0 Å². The highest BCUT2D eigenvalue weighted by molar-refractivity contribution is 5.39. The van der Waals surface area contributed by atoms with E-state index in [-0.39, 0.29) is 0 Å². The zero-order valence-electron chi connectivity index (χ0n) is 13.2. The molecule has 0 bridgehead atoms. The third-order valence-corrected chi connectivity index (χ3v) is 4.90. The predicted molar refractivity (Wildman–Crippen MR) is 85.7 cm³/mol. The predicted octanol–water partition coefficient (Wildman–Crippen LogP) is 4.89. The van der Waals surface area contributed by atoms with Crippen molar-refractivity contribution in [2.24, 2.45) is 0 Å². The van der Waals surface area contributed by atoms with Gasteiger partial charge in [0.15, 0.2) is 0 Å². The Morgan fingerprint density at radius 2 is 1.95 bits per heavy atom.